The van der Waals surface area contributed by atoms with Gasteiger partial charge in [0, 0.05) is 6.42 Å². The van der Waals surface area contributed by atoms with Crippen molar-refractivity contribution in [2.24, 2.45) is 5.92 Å². The van der Waals surface area contributed by atoms with Crippen LogP contribution in [0, 0.1) is 18.3 Å². The van der Waals surface area contributed by atoms with Crippen molar-refractivity contribution < 1.29 is 4.79 Å². The highest BCUT2D eigenvalue weighted by Gasteiger charge is 2.16. The zero-order valence-corrected chi connectivity index (χ0v) is 8.27. The van der Waals surface area contributed by atoms with Crippen LogP contribution in [0.25, 0.3) is 0 Å². The summed E-state index contributed by atoms with van der Waals surface area (Å²) in [5.74, 6) is 2.91. The van der Waals surface area contributed by atoms with Gasteiger partial charge in [-0.15, -0.1) is 6.42 Å². The van der Waals surface area contributed by atoms with Gasteiger partial charge in [-0.2, -0.15) is 0 Å². The molecule has 0 radical (unpaired) electrons. The molecule has 68 valence electrons. The van der Waals surface area contributed by atoms with Gasteiger partial charge in [0.2, 0.25) is 5.91 Å². The van der Waals surface area contributed by atoms with Crippen molar-refractivity contribution in [1.82, 2.24) is 5.32 Å². The molecule has 0 aromatic heterocycles. The summed E-state index contributed by atoms with van der Waals surface area (Å²) in [5, 5.41) is 2.76. The molecular weight excluding hydrogens is 150 g/mol. The highest BCUT2D eigenvalue weighted by molar-refractivity contribution is 5.77. The van der Waals surface area contributed by atoms with Crippen molar-refractivity contribution >= 4 is 5.91 Å². The molecule has 0 saturated carbocycles. The Morgan fingerprint density at radius 3 is 2.42 bits per heavy atom. The van der Waals surface area contributed by atoms with Crippen LogP contribution in [0.5, 0.6) is 0 Å². The van der Waals surface area contributed by atoms with Gasteiger partial charge in [0.05, 0.1) is 5.54 Å². The van der Waals surface area contributed by atoms with E-state index in [0.717, 1.165) is 0 Å². The minimum atomic E-state index is -0.522. The van der Waals surface area contributed by atoms with E-state index >= 15 is 0 Å². The minimum Gasteiger partial charge on any atom is -0.340 e. The molecule has 0 fully saturated rings. The summed E-state index contributed by atoms with van der Waals surface area (Å²) < 4.78 is 0. The molecule has 2 heteroatoms. The number of carbonyl (C=O) groups excluding carboxylic acids is 1. The smallest absolute Gasteiger partial charge is 0.221 e. The van der Waals surface area contributed by atoms with Gasteiger partial charge in [0.25, 0.3) is 0 Å². The first-order chi connectivity index (χ1) is 5.37. The second kappa shape index (κ2) is 4.15. The number of rotatable bonds is 3. The van der Waals surface area contributed by atoms with Crippen molar-refractivity contribution in [2.45, 2.75) is 39.7 Å². The molecule has 12 heavy (non-hydrogen) atoms. The maximum atomic E-state index is 11.2. The second-order valence-electron chi connectivity index (χ2n) is 3.92. The largest absolute Gasteiger partial charge is 0.340 e. The molecule has 2 nitrogen and oxygen atoms in total. The predicted octanol–water partition coefficient (Wildman–Crippen LogP) is 1.56. The Kier molecular flexibility index (Phi) is 3.82. The van der Waals surface area contributed by atoms with E-state index < -0.39 is 5.54 Å². The first-order valence-corrected chi connectivity index (χ1v) is 4.16. The van der Waals surface area contributed by atoms with Crippen LogP contribution in [0.3, 0.4) is 0 Å². The number of carbonyl (C=O) groups is 1. The van der Waals surface area contributed by atoms with Crippen LogP contribution in [0.2, 0.25) is 0 Å². The lowest BCUT2D eigenvalue weighted by Crippen LogP contribution is -2.42. The molecule has 0 atom stereocenters. The molecule has 0 spiro atoms. The van der Waals surface area contributed by atoms with Crippen LogP contribution in [0.15, 0.2) is 0 Å². The third-order valence-electron chi connectivity index (χ3n) is 1.41. The summed E-state index contributed by atoms with van der Waals surface area (Å²) in [6.45, 7) is 7.63. The van der Waals surface area contributed by atoms with Crippen LogP contribution >= 0.6 is 0 Å². The molecule has 0 heterocycles. The topological polar surface area (TPSA) is 29.1 Å². The molecule has 0 bridgehead atoms. The van der Waals surface area contributed by atoms with E-state index in [0.29, 0.717) is 12.3 Å². The van der Waals surface area contributed by atoms with Crippen LogP contribution in [-0.4, -0.2) is 11.4 Å². The Bertz CT molecular complexity index is 198. The van der Waals surface area contributed by atoms with Gasteiger partial charge < -0.3 is 5.32 Å². The van der Waals surface area contributed by atoms with E-state index in [-0.39, 0.29) is 5.91 Å². The third-order valence-corrected chi connectivity index (χ3v) is 1.41. The number of nitrogens with one attached hydrogen (secondary N) is 1. The van der Waals surface area contributed by atoms with Gasteiger partial charge in [0.1, 0.15) is 0 Å². The zero-order valence-electron chi connectivity index (χ0n) is 8.27. The maximum absolute atomic E-state index is 11.2. The quantitative estimate of drug-likeness (QED) is 0.635. The van der Waals surface area contributed by atoms with Gasteiger partial charge >= 0.3 is 0 Å². The summed E-state index contributed by atoms with van der Waals surface area (Å²) in [5.41, 5.74) is -0.522. The average molecular weight is 167 g/mol. The first kappa shape index (κ1) is 11.0. The van der Waals surface area contributed by atoms with Gasteiger partial charge in [-0.3, -0.25) is 4.79 Å². The maximum Gasteiger partial charge on any atom is 0.221 e. The first-order valence-electron chi connectivity index (χ1n) is 4.16. The highest BCUT2D eigenvalue weighted by Crippen LogP contribution is 2.03. The highest BCUT2D eigenvalue weighted by atomic mass is 16.1. The Balaban J connectivity index is 3.95. The number of hydrogen-bond donors (Lipinski definition) is 1. The minimum absolute atomic E-state index is 0.0213. The summed E-state index contributed by atoms with van der Waals surface area (Å²) in [6.07, 6.45) is 5.75. The molecule has 0 aromatic rings. The van der Waals surface area contributed by atoms with Crippen LogP contribution in [0.4, 0.5) is 0 Å². The zero-order chi connectivity index (χ0) is 9.78. The van der Waals surface area contributed by atoms with Crippen molar-refractivity contribution in [3.8, 4) is 12.3 Å². The molecule has 0 aliphatic rings. The number of amides is 1. The second-order valence-corrected chi connectivity index (χ2v) is 3.92. The molecule has 1 N–H and O–H groups in total. The summed E-state index contributed by atoms with van der Waals surface area (Å²) in [4.78, 5) is 11.2. The van der Waals surface area contributed by atoms with Crippen molar-refractivity contribution in [1.29, 1.82) is 0 Å². The fraction of sp³-hybridized carbons (Fsp3) is 0.700. The van der Waals surface area contributed by atoms with Crippen molar-refractivity contribution in [3.05, 3.63) is 0 Å². The van der Waals surface area contributed by atoms with E-state index in [1.54, 1.807) is 0 Å². The SMILES string of the molecule is C#CC(C)(C)NC(=O)CC(C)C. The standard InChI is InChI=1S/C10H17NO/c1-6-10(4,5)11-9(12)7-8(2)3/h1,8H,7H2,2-5H3,(H,11,12). The van der Waals surface area contributed by atoms with Crippen molar-refractivity contribution in [3.63, 3.8) is 0 Å². The van der Waals surface area contributed by atoms with Crippen molar-refractivity contribution in [2.75, 3.05) is 0 Å². The lowest BCUT2D eigenvalue weighted by atomic mass is 10.1. The Hall–Kier alpha value is -0.970. The Labute approximate surface area is 74.7 Å². The molecule has 1 amide bonds. The molecule has 0 aromatic carbocycles. The van der Waals surface area contributed by atoms with E-state index in [9.17, 15) is 4.79 Å². The molecule has 0 saturated heterocycles. The number of hydrogen-bond acceptors (Lipinski definition) is 1. The molecular formula is C10H17NO. The van der Waals surface area contributed by atoms with Gasteiger partial charge in [-0.05, 0) is 19.8 Å². The van der Waals surface area contributed by atoms with E-state index in [4.69, 9.17) is 6.42 Å². The van der Waals surface area contributed by atoms with E-state index in [1.165, 1.54) is 0 Å². The predicted molar refractivity (Wildman–Crippen MR) is 50.5 cm³/mol. The molecule has 0 rings (SSSR count). The van der Waals surface area contributed by atoms with E-state index in [1.807, 2.05) is 27.7 Å². The van der Waals surface area contributed by atoms with E-state index in [2.05, 4.69) is 11.2 Å². The average Bonchev–Trinajstić information content (AvgIpc) is 1.84. The Morgan fingerprint density at radius 1 is 1.58 bits per heavy atom. The molecule has 0 unspecified atom stereocenters. The fourth-order valence-corrected chi connectivity index (χ4v) is 0.806. The summed E-state index contributed by atoms with van der Waals surface area (Å²) in [6, 6.07) is 0. The van der Waals surface area contributed by atoms with Crippen LogP contribution in [-0.2, 0) is 4.79 Å². The van der Waals surface area contributed by atoms with Crippen LogP contribution < -0.4 is 5.32 Å². The van der Waals surface area contributed by atoms with Gasteiger partial charge in [0.15, 0.2) is 0 Å². The molecule has 0 aliphatic carbocycles. The number of terminal acetylenes is 1. The monoisotopic (exact) mass is 167 g/mol. The normalized spacial score (nSPS) is 11.0. The van der Waals surface area contributed by atoms with Gasteiger partial charge in [-0.25, -0.2) is 0 Å². The summed E-state index contributed by atoms with van der Waals surface area (Å²) >= 11 is 0. The summed E-state index contributed by atoms with van der Waals surface area (Å²) in [7, 11) is 0. The van der Waals surface area contributed by atoms with Crippen LogP contribution in [0.1, 0.15) is 34.1 Å². The molecule has 0 aliphatic heterocycles. The fourth-order valence-electron chi connectivity index (χ4n) is 0.806. The third kappa shape index (κ3) is 4.79. The lowest BCUT2D eigenvalue weighted by molar-refractivity contribution is -0.122. The Morgan fingerprint density at radius 2 is 2.08 bits per heavy atom. The van der Waals surface area contributed by atoms with Gasteiger partial charge in [-0.1, -0.05) is 19.8 Å². The lowest BCUT2D eigenvalue weighted by Gasteiger charge is -2.20.